The molecule has 0 bridgehead atoms. The maximum Gasteiger partial charge on any atom is 0.310 e. The molecule has 0 spiro atoms. The summed E-state index contributed by atoms with van der Waals surface area (Å²) in [5.74, 6) is 1.69. The highest BCUT2D eigenvalue weighted by molar-refractivity contribution is 5.75. The van der Waals surface area contributed by atoms with Gasteiger partial charge in [-0.2, -0.15) is 0 Å². The Bertz CT molecular complexity index is 713. The third kappa shape index (κ3) is 3.52. The summed E-state index contributed by atoms with van der Waals surface area (Å²) >= 11 is 0. The summed E-state index contributed by atoms with van der Waals surface area (Å²) in [5, 5.41) is 3.47. The molecule has 0 radical (unpaired) electrons. The van der Waals surface area contributed by atoms with Crippen LogP contribution in [0.25, 0.3) is 0 Å². The minimum absolute atomic E-state index is 0.0138. The molecule has 0 unspecified atom stereocenters. The van der Waals surface area contributed by atoms with Gasteiger partial charge in [-0.3, -0.25) is 4.79 Å². The van der Waals surface area contributed by atoms with E-state index in [1.54, 1.807) is 7.11 Å². The summed E-state index contributed by atoms with van der Waals surface area (Å²) in [5.41, 5.74) is 2.85. The van der Waals surface area contributed by atoms with Gasteiger partial charge < -0.3 is 14.8 Å². The number of carbonyl (C=O) groups is 1. The Morgan fingerprint density at radius 3 is 2.85 bits per heavy atom. The van der Waals surface area contributed by atoms with E-state index in [4.69, 9.17) is 9.47 Å². The Hall–Kier alpha value is -1.81. The number of methoxy groups -OCH3 is 1. The van der Waals surface area contributed by atoms with Crippen molar-refractivity contribution in [1.29, 1.82) is 0 Å². The minimum Gasteiger partial charge on any atom is -0.497 e. The Morgan fingerprint density at radius 2 is 2.11 bits per heavy atom. The molecule has 1 aromatic carbocycles. The number of hydrogen-bond acceptors (Lipinski definition) is 4. The first-order valence-electron chi connectivity index (χ1n) is 10.2. The fourth-order valence-electron chi connectivity index (χ4n) is 5.60. The second-order valence-corrected chi connectivity index (χ2v) is 8.88. The lowest BCUT2D eigenvalue weighted by Gasteiger charge is -2.50. The highest BCUT2D eigenvalue weighted by atomic mass is 16.6. The van der Waals surface area contributed by atoms with Crippen molar-refractivity contribution in [2.45, 2.75) is 51.7 Å². The number of benzene rings is 1. The van der Waals surface area contributed by atoms with Crippen LogP contribution in [0, 0.1) is 23.2 Å². The molecule has 4 rings (SSSR count). The van der Waals surface area contributed by atoms with Gasteiger partial charge in [0.15, 0.2) is 0 Å². The largest absolute Gasteiger partial charge is 0.497 e. The zero-order valence-electron chi connectivity index (χ0n) is 16.5. The zero-order valence-corrected chi connectivity index (χ0v) is 16.5. The maximum absolute atomic E-state index is 12.6. The number of carbonyl (C=O) groups excluding carboxylic acids is 1. The highest BCUT2D eigenvalue weighted by Gasteiger charge is 2.54. The summed E-state index contributed by atoms with van der Waals surface area (Å²) in [4.78, 5) is 12.6. The first-order valence-corrected chi connectivity index (χ1v) is 10.2. The molecule has 4 heteroatoms. The maximum atomic E-state index is 12.6. The van der Waals surface area contributed by atoms with Gasteiger partial charge in [-0.1, -0.05) is 31.2 Å². The van der Waals surface area contributed by atoms with E-state index in [0.717, 1.165) is 31.6 Å². The second-order valence-electron chi connectivity index (χ2n) is 8.88. The van der Waals surface area contributed by atoms with Crippen LogP contribution in [0.3, 0.4) is 0 Å². The number of rotatable bonds is 5. The average Bonchev–Trinajstić information content (AvgIpc) is 2.95. The molecule has 4 nitrogen and oxygen atoms in total. The van der Waals surface area contributed by atoms with Crippen LogP contribution in [0.4, 0.5) is 0 Å². The molecule has 5 atom stereocenters. The van der Waals surface area contributed by atoms with Gasteiger partial charge in [0.25, 0.3) is 0 Å². The Morgan fingerprint density at radius 1 is 1.33 bits per heavy atom. The number of fused-ring (bicyclic) bond motifs is 2. The van der Waals surface area contributed by atoms with E-state index in [-0.39, 0.29) is 23.4 Å². The average molecular weight is 370 g/mol. The Kier molecular flexibility index (Phi) is 5.02. The summed E-state index contributed by atoms with van der Waals surface area (Å²) in [6, 6.07) is 8.04. The highest BCUT2D eigenvalue weighted by Crippen LogP contribution is 2.56. The van der Waals surface area contributed by atoms with Gasteiger partial charge in [-0.25, -0.2) is 0 Å². The van der Waals surface area contributed by atoms with Gasteiger partial charge in [0.05, 0.1) is 13.0 Å². The third-order valence-corrected chi connectivity index (χ3v) is 7.17. The van der Waals surface area contributed by atoms with Crippen LogP contribution in [0.5, 0.6) is 5.75 Å². The van der Waals surface area contributed by atoms with E-state index in [0.29, 0.717) is 18.4 Å². The van der Waals surface area contributed by atoms with Crippen LogP contribution in [0.2, 0.25) is 0 Å². The van der Waals surface area contributed by atoms with E-state index < -0.39 is 0 Å². The molecular weight excluding hydrogens is 338 g/mol. The zero-order chi connectivity index (χ0) is 19.0. The first-order chi connectivity index (χ1) is 13.0. The van der Waals surface area contributed by atoms with Crippen molar-refractivity contribution in [3.8, 4) is 5.75 Å². The molecule has 1 saturated heterocycles. The van der Waals surface area contributed by atoms with Crippen molar-refractivity contribution in [2.75, 3.05) is 13.7 Å². The quantitative estimate of drug-likeness (QED) is 0.627. The molecule has 27 heavy (non-hydrogen) atoms. The van der Waals surface area contributed by atoms with Crippen LogP contribution in [-0.2, 0) is 16.1 Å². The van der Waals surface area contributed by atoms with Crippen LogP contribution in [-0.4, -0.2) is 25.7 Å². The van der Waals surface area contributed by atoms with Gasteiger partial charge in [-0.15, -0.1) is 0 Å². The molecule has 3 aliphatic rings. The van der Waals surface area contributed by atoms with E-state index in [1.165, 1.54) is 24.0 Å². The predicted molar refractivity (Wildman–Crippen MR) is 105 cm³/mol. The van der Waals surface area contributed by atoms with Gasteiger partial charge in [0.2, 0.25) is 0 Å². The topological polar surface area (TPSA) is 47.6 Å². The van der Waals surface area contributed by atoms with E-state index in [2.05, 4.69) is 31.0 Å². The monoisotopic (exact) mass is 369 g/mol. The predicted octanol–water partition coefficient (Wildman–Crippen LogP) is 4.10. The van der Waals surface area contributed by atoms with Gasteiger partial charge in [0, 0.05) is 19.0 Å². The SMILES string of the molecule is C=C1CCC[C@]2(C)C[C@H]3OC(=O)[C@H](CNCc4ccc(OC)cc4)[C@H]3C[C@@H]12. The summed E-state index contributed by atoms with van der Waals surface area (Å²) in [7, 11) is 1.67. The summed E-state index contributed by atoms with van der Waals surface area (Å²) in [6.07, 6.45) is 5.76. The lowest BCUT2D eigenvalue weighted by atomic mass is 9.55. The number of nitrogens with one attached hydrogen (secondary N) is 1. The number of esters is 1. The lowest BCUT2D eigenvalue weighted by Crippen LogP contribution is -2.45. The minimum atomic E-state index is -0.0347. The molecule has 2 aliphatic carbocycles. The number of hydrogen-bond donors (Lipinski definition) is 1. The summed E-state index contributed by atoms with van der Waals surface area (Å²) < 4.78 is 11.0. The Balaban J connectivity index is 1.38. The van der Waals surface area contributed by atoms with Crippen LogP contribution < -0.4 is 10.1 Å². The molecule has 1 aromatic rings. The molecule has 1 N–H and O–H groups in total. The van der Waals surface area contributed by atoms with Crippen molar-refractivity contribution >= 4 is 5.97 Å². The molecule has 1 aliphatic heterocycles. The number of allylic oxidation sites excluding steroid dienone is 1. The number of ether oxygens (including phenoxy) is 2. The van der Waals surface area contributed by atoms with Crippen LogP contribution in [0.15, 0.2) is 36.4 Å². The second kappa shape index (κ2) is 7.31. The Labute approximate surface area is 162 Å². The normalized spacial score (nSPS) is 35.3. The molecule has 3 fully saturated rings. The lowest BCUT2D eigenvalue weighted by molar-refractivity contribution is -0.146. The smallest absolute Gasteiger partial charge is 0.310 e. The van der Waals surface area contributed by atoms with Gasteiger partial charge in [-0.05, 0) is 61.1 Å². The first kappa shape index (κ1) is 18.5. The third-order valence-electron chi connectivity index (χ3n) is 7.17. The fraction of sp³-hybridized carbons (Fsp3) is 0.609. The molecule has 146 valence electrons. The van der Waals surface area contributed by atoms with Crippen molar-refractivity contribution in [3.05, 3.63) is 42.0 Å². The van der Waals surface area contributed by atoms with Crippen LogP contribution >= 0.6 is 0 Å². The van der Waals surface area contributed by atoms with Crippen LogP contribution in [0.1, 0.15) is 44.6 Å². The van der Waals surface area contributed by atoms with E-state index >= 15 is 0 Å². The molecule has 1 heterocycles. The molecular formula is C23H31NO3. The molecule has 0 amide bonds. The fourth-order valence-corrected chi connectivity index (χ4v) is 5.60. The van der Waals surface area contributed by atoms with Crippen molar-refractivity contribution in [1.82, 2.24) is 5.32 Å². The standard InChI is InChI=1S/C23H31NO3/c1-15-5-4-10-23(2)12-21-18(11-20(15)23)19(22(25)27-21)14-24-13-16-6-8-17(26-3)9-7-16/h6-9,18-21,24H,1,4-5,10-14H2,2-3H3/t18-,19-,20+,21-,23-/m1/s1. The summed E-state index contributed by atoms with van der Waals surface area (Å²) in [6.45, 7) is 8.17. The van der Waals surface area contributed by atoms with E-state index in [9.17, 15) is 4.79 Å². The van der Waals surface area contributed by atoms with E-state index in [1.807, 2.05) is 12.1 Å². The van der Waals surface area contributed by atoms with Gasteiger partial charge in [0.1, 0.15) is 11.9 Å². The van der Waals surface area contributed by atoms with Crippen molar-refractivity contribution in [2.24, 2.45) is 23.2 Å². The van der Waals surface area contributed by atoms with Gasteiger partial charge >= 0.3 is 5.97 Å². The van der Waals surface area contributed by atoms with Crippen molar-refractivity contribution in [3.63, 3.8) is 0 Å². The van der Waals surface area contributed by atoms with Crippen molar-refractivity contribution < 1.29 is 14.3 Å². The molecule has 2 saturated carbocycles. The molecule has 0 aromatic heterocycles.